The lowest BCUT2D eigenvalue weighted by molar-refractivity contribution is -0.139. The molecule has 0 heterocycles. The van der Waals surface area contributed by atoms with Crippen molar-refractivity contribution < 1.29 is 18.0 Å². The number of carbonyl (C=O) groups excluding carboxylic acids is 2. The van der Waals surface area contributed by atoms with Crippen molar-refractivity contribution in [2.45, 2.75) is 33.4 Å². The van der Waals surface area contributed by atoms with Gasteiger partial charge in [0.15, 0.2) is 0 Å². The predicted molar refractivity (Wildman–Crippen MR) is 134 cm³/mol. The highest BCUT2D eigenvalue weighted by Crippen LogP contribution is 2.28. The van der Waals surface area contributed by atoms with Gasteiger partial charge in [0.05, 0.1) is 11.9 Å². The van der Waals surface area contributed by atoms with Gasteiger partial charge in [0.1, 0.15) is 12.6 Å². The van der Waals surface area contributed by atoms with Crippen LogP contribution in [0.15, 0.2) is 36.4 Å². The van der Waals surface area contributed by atoms with Gasteiger partial charge in [0.2, 0.25) is 21.8 Å². The smallest absolute Gasteiger partial charge is 0.244 e. The maximum Gasteiger partial charge on any atom is 0.244 e. The monoisotopic (exact) mass is 533 g/mol. The summed E-state index contributed by atoms with van der Waals surface area (Å²) in [7, 11) is -3.84. The molecule has 2 aromatic carbocycles. The number of sulfonamides is 1. The summed E-state index contributed by atoms with van der Waals surface area (Å²) in [6, 6.07) is 8.71. The van der Waals surface area contributed by atoms with Crippen LogP contribution in [-0.2, 0) is 26.2 Å². The maximum atomic E-state index is 13.5. The number of amides is 2. The van der Waals surface area contributed by atoms with E-state index in [0.29, 0.717) is 38.4 Å². The average Bonchev–Trinajstić information content (AvgIpc) is 2.71. The zero-order chi connectivity index (χ0) is 24.9. The van der Waals surface area contributed by atoms with E-state index in [1.807, 2.05) is 0 Å². The van der Waals surface area contributed by atoms with E-state index < -0.39 is 28.5 Å². The molecule has 0 bridgehead atoms. The Bertz CT molecular complexity index is 1120. The Balaban J connectivity index is 2.48. The molecule has 1 atom stereocenters. The molecule has 7 nitrogen and oxygen atoms in total. The van der Waals surface area contributed by atoms with E-state index in [-0.39, 0.29) is 12.5 Å². The van der Waals surface area contributed by atoms with Crippen molar-refractivity contribution in [2.24, 2.45) is 0 Å². The first-order valence-electron chi connectivity index (χ1n) is 10.1. The van der Waals surface area contributed by atoms with Crippen molar-refractivity contribution in [3.8, 4) is 0 Å². The highest BCUT2D eigenvalue weighted by Gasteiger charge is 2.31. The largest absolute Gasteiger partial charge is 0.355 e. The second-order valence-corrected chi connectivity index (χ2v) is 10.7. The van der Waals surface area contributed by atoms with Crippen LogP contribution in [0.1, 0.15) is 25.0 Å². The van der Waals surface area contributed by atoms with E-state index in [1.165, 1.54) is 11.0 Å². The van der Waals surface area contributed by atoms with E-state index in [9.17, 15) is 18.0 Å². The standard InChI is InChI=1S/C22H26Cl3N3O4S/c1-5-26-22(30)15(3)27(12-17-18(24)7-6-8-19(17)25)21(29)13-28(33(4,31)32)20-10-9-16(23)11-14(20)2/h6-11,15H,5,12-13H2,1-4H3,(H,26,30)/t15-/m1/s1. The number of likely N-dealkylation sites (N-methyl/N-ethyl adjacent to an activating group) is 1. The Labute approximate surface area is 209 Å². The van der Waals surface area contributed by atoms with Gasteiger partial charge >= 0.3 is 0 Å². The Hall–Kier alpha value is -2.00. The maximum absolute atomic E-state index is 13.5. The molecule has 0 fully saturated rings. The molecule has 0 aliphatic heterocycles. The van der Waals surface area contributed by atoms with Gasteiger partial charge in [-0.3, -0.25) is 13.9 Å². The van der Waals surface area contributed by atoms with Crippen LogP contribution in [0.5, 0.6) is 0 Å². The van der Waals surface area contributed by atoms with Gasteiger partial charge in [-0.15, -0.1) is 0 Å². The topological polar surface area (TPSA) is 86.8 Å². The van der Waals surface area contributed by atoms with Crippen LogP contribution in [0.2, 0.25) is 15.1 Å². The molecular formula is C22H26Cl3N3O4S. The number of aryl methyl sites for hydroxylation is 1. The van der Waals surface area contributed by atoms with Crippen molar-refractivity contribution >= 4 is 62.3 Å². The van der Waals surface area contributed by atoms with Crippen LogP contribution in [0.3, 0.4) is 0 Å². The molecule has 33 heavy (non-hydrogen) atoms. The Morgan fingerprint density at radius 1 is 1.09 bits per heavy atom. The van der Waals surface area contributed by atoms with E-state index in [2.05, 4.69) is 5.32 Å². The Morgan fingerprint density at radius 2 is 1.70 bits per heavy atom. The van der Waals surface area contributed by atoms with Crippen molar-refractivity contribution in [1.29, 1.82) is 0 Å². The average molecular weight is 535 g/mol. The number of anilines is 1. The number of rotatable bonds is 9. The first kappa shape index (κ1) is 27.2. The third-order valence-electron chi connectivity index (χ3n) is 5.02. The number of halogens is 3. The lowest BCUT2D eigenvalue weighted by atomic mass is 10.1. The summed E-state index contributed by atoms with van der Waals surface area (Å²) in [5.74, 6) is -0.980. The lowest BCUT2D eigenvalue weighted by Crippen LogP contribution is -2.51. The molecule has 180 valence electrons. The minimum atomic E-state index is -3.84. The molecule has 0 spiro atoms. The predicted octanol–water partition coefficient (Wildman–Crippen LogP) is 4.27. The van der Waals surface area contributed by atoms with Crippen molar-refractivity contribution in [3.63, 3.8) is 0 Å². The zero-order valence-corrected chi connectivity index (χ0v) is 21.8. The highest BCUT2D eigenvalue weighted by atomic mass is 35.5. The summed E-state index contributed by atoms with van der Waals surface area (Å²) in [6.45, 7) is 4.79. The van der Waals surface area contributed by atoms with Crippen molar-refractivity contribution in [1.82, 2.24) is 10.2 Å². The van der Waals surface area contributed by atoms with E-state index in [1.54, 1.807) is 51.1 Å². The minimum absolute atomic E-state index is 0.0765. The summed E-state index contributed by atoms with van der Waals surface area (Å²) in [5.41, 5.74) is 1.36. The Morgan fingerprint density at radius 3 is 2.21 bits per heavy atom. The number of nitrogens with one attached hydrogen (secondary N) is 1. The van der Waals surface area contributed by atoms with Crippen LogP contribution in [0.25, 0.3) is 0 Å². The summed E-state index contributed by atoms with van der Waals surface area (Å²) < 4.78 is 26.2. The molecule has 2 aromatic rings. The lowest BCUT2D eigenvalue weighted by Gasteiger charge is -2.32. The molecular weight excluding hydrogens is 509 g/mol. The van der Waals surface area contributed by atoms with E-state index >= 15 is 0 Å². The van der Waals surface area contributed by atoms with E-state index in [0.717, 1.165) is 10.6 Å². The molecule has 1 N–H and O–H groups in total. The normalized spacial score (nSPS) is 12.2. The molecule has 0 aliphatic rings. The molecule has 0 aliphatic carbocycles. The van der Waals surface area contributed by atoms with Crippen LogP contribution in [-0.4, -0.2) is 50.5 Å². The molecule has 0 unspecified atom stereocenters. The minimum Gasteiger partial charge on any atom is -0.355 e. The second kappa shape index (κ2) is 11.4. The van der Waals surface area contributed by atoms with E-state index in [4.69, 9.17) is 34.8 Å². The van der Waals surface area contributed by atoms with Crippen molar-refractivity contribution in [3.05, 3.63) is 62.6 Å². The van der Waals surface area contributed by atoms with Gasteiger partial charge < -0.3 is 10.2 Å². The quantitative estimate of drug-likeness (QED) is 0.520. The highest BCUT2D eigenvalue weighted by molar-refractivity contribution is 7.92. The van der Waals surface area contributed by atoms with Crippen LogP contribution < -0.4 is 9.62 Å². The van der Waals surface area contributed by atoms with Gasteiger partial charge in [0, 0.05) is 33.7 Å². The summed E-state index contributed by atoms with van der Waals surface area (Å²) in [5, 5.41) is 3.78. The van der Waals surface area contributed by atoms with Gasteiger partial charge in [-0.05, 0) is 56.7 Å². The molecule has 2 amide bonds. The molecule has 0 saturated carbocycles. The first-order valence-corrected chi connectivity index (χ1v) is 13.1. The molecule has 11 heteroatoms. The first-order chi connectivity index (χ1) is 15.4. The molecule has 0 saturated heterocycles. The number of hydrogen-bond donors (Lipinski definition) is 1. The SMILES string of the molecule is CCNC(=O)[C@@H](C)N(Cc1c(Cl)cccc1Cl)C(=O)CN(c1ccc(Cl)cc1C)S(C)(=O)=O. The fraction of sp³-hybridized carbons (Fsp3) is 0.364. The molecule has 0 aromatic heterocycles. The Kier molecular flexibility index (Phi) is 9.43. The van der Waals surface area contributed by atoms with Crippen LogP contribution in [0.4, 0.5) is 5.69 Å². The fourth-order valence-electron chi connectivity index (χ4n) is 3.25. The molecule has 0 radical (unpaired) electrons. The fourth-order valence-corrected chi connectivity index (χ4v) is 4.90. The number of hydrogen-bond acceptors (Lipinski definition) is 4. The van der Waals surface area contributed by atoms with Crippen LogP contribution >= 0.6 is 34.8 Å². The zero-order valence-electron chi connectivity index (χ0n) is 18.7. The number of benzene rings is 2. The summed E-state index contributed by atoms with van der Waals surface area (Å²) >= 11 is 18.6. The number of carbonyl (C=O) groups is 2. The van der Waals surface area contributed by atoms with Gasteiger partial charge in [0.25, 0.3) is 0 Å². The third-order valence-corrected chi connectivity index (χ3v) is 7.08. The third kappa shape index (κ3) is 6.99. The van der Waals surface area contributed by atoms with Crippen LogP contribution in [0, 0.1) is 6.92 Å². The van der Waals surface area contributed by atoms with Gasteiger partial charge in [-0.1, -0.05) is 40.9 Å². The van der Waals surface area contributed by atoms with Gasteiger partial charge in [-0.25, -0.2) is 8.42 Å². The van der Waals surface area contributed by atoms with Crippen molar-refractivity contribution in [2.75, 3.05) is 23.7 Å². The number of nitrogens with zero attached hydrogens (tertiary/aromatic N) is 2. The molecule has 2 rings (SSSR count). The second-order valence-electron chi connectivity index (χ2n) is 7.49. The summed E-state index contributed by atoms with van der Waals surface area (Å²) in [6.07, 6.45) is 1.01. The summed E-state index contributed by atoms with van der Waals surface area (Å²) in [4.78, 5) is 27.3. The van der Waals surface area contributed by atoms with Gasteiger partial charge in [-0.2, -0.15) is 0 Å².